The number of nitrogens with zero attached hydrogens (tertiary/aromatic N) is 1. The fourth-order valence-electron chi connectivity index (χ4n) is 1.89. The molecule has 2 rings (SSSR count). The standard InChI is InChI=1S/C14H18N2/c1-2-3-9-14-10-15-12-16(14)11-13-7-5-4-6-8-13/h4-8,10,12H,2-3,9,11H2,1H3/p+1. The van der Waals surface area contributed by atoms with E-state index in [4.69, 9.17) is 0 Å². The molecule has 0 aliphatic rings. The van der Waals surface area contributed by atoms with Gasteiger partial charge in [0.05, 0.1) is 0 Å². The second-order valence-corrected chi connectivity index (χ2v) is 4.15. The highest BCUT2D eigenvalue weighted by Gasteiger charge is 2.08. The second kappa shape index (κ2) is 5.50. The quantitative estimate of drug-likeness (QED) is 0.740. The average Bonchev–Trinajstić information content (AvgIpc) is 2.75. The Morgan fingerprint density at radius 2 is 2.00 bits per heavy atom. The lowest BCUT2D eigenvalue weighted by atomic mass is 10.2. The lowest BCUT2D eigenvalue weighted by Crippen LogP contribution is -2.36. The van der Waals surface area contributed by atoms with E-state index in [0.717, 1.165) is 13.0 Å². The Morgan fingerprint density at radius 3 is 2.75 bits per heavy atom. The number of aromatic amines is 1. The van der Waals surface area contributed by atoms with E-state index in [1.807, 2.05) is 0 Å². The lowest BCUT2D eigenvalue weighted by molar-refractivity contribution is -0.694. The SMILES string of the molecule is CCCCc1c[nH]c[n+]1Cc1ccccc1. The highest BCUT2D eigenvalue weighted by Crippen LogP contribution is 2.02. The monoisotopic (exact) mass is 215 g/mol. The van der Waals surface area contributed by atoms with E-state index in [0.29, 0.717) is 0 Å². The molecule has 0 radical (unpaired) electrons. The van der Waals surface area contributed by atoms with Crippen molar-refractivity contribution in [3.8, 4) is 0 Å². The molecule has 1 N–H and O–H groups in total. The zero-order chi connectivity index (χ0) is 11.2. The molecule has 0 amide bonds. The highest BCUT2D eigenvalue weighted by molar-refractivity contribution is 5.13. The number of H-pyrrole nitrogens is 1. The molecule has 0 aliphatic carbocycles. The normalized spacial score (nSPS) is 10.6. The topological polar surface area (TPSA) is 19.7 Å². The number of rotatable bonds is 5. The number of aromatic nitrogens is 2. The zero-order valence-corrected chi connectivity index (χ0v) is 9.82. The van der Waals surface area contributed by atoms with E-state index < -0.39 is 0 Å². The second-order valence-electron chi connectivity index (χ2n) is 4.15. The highest BCUT2D eigenvalue weighted by atomic mass is 15.0. The van der Waals surface area contributed by atoms with Gasteiger partial charge in [0.2, 0.25) is 6.33 Å². The molecule has 2 aromatic rings. The predicted octanol–water partition coefficient (Wildman–Crippen LogP) is 2.69. The van der Waals surface area contributed by atoms with E-state index in [1.165, 1.54) is 24.1 Å². The molecule has 0 fully saturated rings. The van der Waals surface area contributed by atoms with Gasteiger partial charge in [-0.1, -0.05) is 43.7 Å². The molecule has 1 heterocycles. The fourth-order valence-corrected chi connectivity index (χ4v) is 1.89. The first-order valence-corrected chi connectivity index (χ1v) is 5.99. The van der Waals surface area contributed by atoms with Crippen molar-refractivity contribution in [2.45, 2.75) is 32.7 Å². The summed E-state index contributed by atoms with van der Waals surface area (Å²) < 4.78 is 2.30. The van der Waals surface area contributed by atoms with Gasteiger partial charge >= 0.3 is 0 Å². The Kier molecular flexibility index (Phi) is 3.76. The van der Waals surface area contributed by atoms with Crippen molar-refractivity contribution in [3.05, 3.63) is 54.1 Å². The maximum absolute atomic E-state index is 3.19. The van der Waals surface area contributed by atoms with Crippen LogP contribution in [0, 0.1) is 0 Å². The van der Waals surface area contributed by atoms with Crippen LogP contribution in [0.4, 0.5) is 0 Å². The maximum atomic E-state index is 3.19. The van der Waals surface area contributed by atoms with Gasteiger partial charge in [0, 0.05) is 6.42 Å². The minimum atomic E-state index is 0.962. The van der Waals surface area contributed by atoms with Crippen molar-refractivity contribution < 1.29 is 4.57 Å². The summed E-state index contributed by atoms with van der Waals surface area (Å²) in [5.41, 5.74) is 2.75. The lowest BCUT2D eigenvalue weighted by Gasteiger charge is -2.01. The fraction of sp³-hybridized carbons (Fsp3) is 0.357. The molecule has 0 aliphatic heterocycles. The van der Waals surface area contributed by atoms with Crippen molar-refractivity contribution in [2.24, 2.45) is 0 Å². The number of hydrogen-bond donors (Lipinski definition) is 1. The first-order valence-electron chi connectivity index (χ1n) is 5.99. The third kappa shape index (κ3) is 2.72. The van der Waals surface area contributed by atoms with Crippen molar-refractivity contribution in [2.75, 3.05) is 0 Å². The molecule has 1 aromatic carbocycles. The van der Waals surface area contributed by atoms with Gasteiger partial charge in [-0.05, 0) is 12.0 Å². The van der Waals surface area contributed by atoms with E-state index in [9.17, 15) is 0 Å². The van der Waals surface area contributed by atoms with Crippen LogP contribution in [0.15, 0.2) is 42.9 Å². The van der Waals surface area contributed by atoms with Crippen LogP contribution in [0.2, 0.25) is 0 Å². The summed E-state index contributed by atoms with van der Waals surface area (Å²) in [4.78, 5) is 3.19. The van der Waals surface area contributed by atoms with Gasteiger partial charge in [0.15, 0.2) is 0 Å². The smallest absolute Gasteiger partial charge is 0.242 e. The number of nitrogens with one attached hydrogen (secondary N) is 1. The minimum Gasteiger partial charge on any atom is -0.250 e. The van der Waals surface area contributed by atoms with Gasteiger partial charge < -0.3 is 0 Å². The van der Waals surface area contributed by atoms with Gasteiger partial charge in [-0.2, -0.15) is 0 Å². The summed E-state index contributed by atoms with van der Waals surface area (Å²) in [6, 6.07) is 10.6. The van der Waals surface area contributed by atoms with Crippen LogP contribution in [0.5, 0.6) is 0 Å². The molecule has 2 heteroatoms. The Balaban J connectivity index is 2.07. The van der Waals surface area contributed by atoms with Crippen LogP contribution in [-0.4, -0.2) is 4.98 Å². The number of imidazole rings is 1. The molecule has 84 valence electrons. The van der Waals surface area contributed by atoms with Gasteiger partial charge in [-0.3, -0.25) is 0 Å². The Labute approximate surface area is 97.0 Å². The third-order valence-corrected chi connectivity index (χ3v) is 2.83. The summed E-state index contributed by atoms with van der Waals surface area (Å²) in [6.45, 7) is 3.19. The van der Waals surface area contributed by atoms with Crippen molar-refractivity contribution in [1.82, 2.24) is 4.98 Å². The van der Waals surface area contributed by atoms with Crippen LogP contribution >= 0.6 is 0 Å². The predicted molar refractivity (Wildman–Crippen MR) is 65.1 cm³/mol. The number of benzene rings is 1. The zero-order valence-electron chi connectivity index (χ0n) is 9.82. The van der Waals surface area contributed by atoms with E-state index in [1.54, 1.807) is 0 Å². The summed E-state index contributed by atoms with van der Waals surface area (Å²) in [6.07, 6.45) is 7.83. The van der Waals surface area contributed by atoms with Gasteiger partial charge in [0.25, 0.3) is 0 Å². The van der Waals surface area contributed by atoms with Gasteiger partial charge in [-0.15, -0.1) is 0 Å². The molecule has 2 nitrogen and oxygen atoms in total. The van der Waals surface area contributed by atoms with Crippen molar-refractivity contribution >= 4 is 0 Å². The molecule has 1 aromatic heterocycles. The van der Waals surface area contributed by atoms with Crippen LogP contribution < -0.4 is 4.57 Å². The van der Waals surface area contributed by atoms with Crippen LogP contribution in [0.3, 0.4) is 0 Å². The molecule has 0 saturated carbocycles. The van der Waals surface area contributed by atoms with Crippen LogP contribution in [0.1, 0.15) is 31.0 Å². The maximum Gasteiger partial charge on any atom is 0.242 e. The Hall–Kier alpha value is -1.57. The first-order chi connectivity index (χ1) is 7.90. The number of unbranched alkanes of at least 4 members (excludes halogenated alkanes) is 1. The van der Waals surface area contributed by atoms with Crippen LogP contribution in [0.25, 0.3) is 0 Å². The molecule has 16 heavy (non-hydrogen) atoms. The average molecular weight is 215 g/mol. The van der Waals surface area contributed by atoms with Gasteiger partial charge in [0.1, 0.15) is 18.4 Å². The molecule has 0 unspecified atom stereocenters. The molecule has 0 bridgehead atoms. The Bertz CT molecular complexity index is 417. The van der Waals surface area contributed by atoms with Gasteiger partial charge in [-0.25, -0.2) is 9.55 Å². The van der Waals surface area contributed by atoms with E-state index in [-0.39, 0.29) is 0 Å². The Morgan fingerprint density at radius 1 is 1.19 bits per heavy atom. The summed E-state index contributed by atoms with van der Waals surface area (Å²) in [5.74, 6) is 0. The first kappa shape index (κ1) is 10.9. The largest absolute Gasteiger partial charge is 0.250 e. The number of aryl methyl sites for hydroxylation is 1. The number of hydrogen-bond acceptors (Lipinski definition) is 0. The molecule has 0 saturated heterocycles. The van der Waals surface area contributed by atoms with E-state index >= 15 is 0 Å². The van der Waals surface area contributed by atoms with Crippen molar-refractivity contribution in [1.29, 1.82) is 0 Å². The summed E-state index contributed by atoms with van der Waals surface area (Å²) in [5, 5.41) is 0. The van der Waals surface area contributed by atoms with Crippen LogP contribution in [-0.2, 0) is 13.0 Å². The third-order valence-electron chi connectivity index (χ3n) is 2.83. The molecular weight excluding hydrogens is 196 g/mol. The minimum absolute atomic E-state index is 0.962. The summed E-state index contributed by atoms with van der Waals surface area (Å²) in [7, 11) is 0. The summed E-state index contributed by atoms with van der Waals surface area (Å²) >= 11 is 0. The molecular formula is C14H19N2+. The van der Waals surface area contributed by atoms with Crippen molar-refractivity contribution in [3.63, 3.8) is 0 Å². The molecule has 0 spiro atoms. The van der Waals surface area contributed by atoms with E-state index in [2.05, 4.69) is 59.3 Å². The molecule has 0 atom stereocenters.